The molecule has 13 heavy (non-hydrogen) atoms. The van der Waals surface area contributed by atoms with Crippen LogP contribution < -0.4 is 5.32 Å². The molecule has 0 unspecified atom stereocenters. The monoisotopic (exact) mass is 293 g/mol. The van der Waals surface area contributed by atoms with Crippen molar-refractivity contribution in [1.29, 1.82) is 0 Å². The van der Waals surface area contributed by atoms with E-state index in [9.17, 15) is 0 Å². The van der Waals surface area contributed by atoms with Gasteiger partial charge in [0.1, 0.15) is 0 Å². The molecule has 1 aromatic rings. The van der Waals surface area contributed by atoms with Crippen LogP contribution in [-0.2, 0) is 4.74 Å². The van der Waals surface area contributed by atoms with Gasteiger partial charge in [-0.05, 0) is 29.0 Å². The average Bonchev–Trinajstić information content (AvgIpc) is 2.15. The minimum atomic E-state index is 0.677. The lowest BCUT2D eigenvalue weighted by Gasteiger charge is -2.02. The largest absolute Gasteiger partial charge is 0.385 e. The van der Waals surface area contributed by atoms with Crippen molar-refractivity contribution in [2.24, 2.45) is 0 Å². The van der Waals surface area contributed by atoms with Gasteiger partial charge in [0, 0.05) is 36.2 Å². The van der Waals surface area contributed by atoms with Crippen molar-refractivity contribution in [2.75, 3.05) is 25.6 Å². The Kier molecular flexibility index (Phi) is 4.99. The summed E-state index contributed by atoms with van der Waals surface area (Å²) in [7, 11) is 1.70. The van der Waals surface area contributed by atoms with E-state index in [1.54, 1.807) is 19.5 Å². The minimum absolute atomic E-state index is 0.677. The average molecular weight is 293 g/mol. The Morgan fingerprint density at radius 3 is 2.77 bits per heavy atom. The van der Waals surface area contributed by atoms with Crippen LogP contribution in [0.25, 0.3) is 0 Å². The number of hydrogen-bond donors (Lipinski definition) is 1. The molecule has 4 nitrogen and oxygen atoms in total. The molecule has 0 aliphatic rings. The SMILES string of the molecule is COCCCNc1ncc(I)cn1. The van der Waals surface area contributed by atoms with E-state index in [1.165, 1.54) is 0 Å². The number of anilines is 1. The van der Waals surface area contributed by atoms with Crippen molar-refractivity contribution in [1.82, 2.24) is 9.97 Å². The van der Waals surface area contributed by atoms with E-state index in [1.807, 2.05) is 0 Å². The number of hydrogen-bond acceptors (Lipinski definition) is 4. The molecule has 0 aromatic carbocycles. The summed E-state index contributed by atoms with van der Waals surface area (Å²) < 4.78 is 5.96. The molecule has 0 aliphatic heterocycles. The molecule has 0 saturated heterocycles. The first kappa shape index (κ1) is 10.6. The summed E-state index contributed by atoms with van der Waals surface area (Å²) >= 11 is 2.17. The van der Waals surface area contributed by atoms with E-state index in [0.717, 1.165) is 23.1 Å². The van der Waals surface area contributed by atoms with Crippen LogP contribution in [0, 0.1) is 3.57 Å². The second-order valence-electron chi connectivity index (χ2n) is 2.50. The maximum atomic E-state index is 4.92. The molecule has 5 heteroatoms. The van der Waals surface area contributed by atoms with Gasteiger partial charge in [0.05, 0.1) is 0 Å². The van der Waals surface area contributed by atoms with Crippen LogP contribution in [0.3, 0.4) is 0 Å². The normalized spacial score (nSPS) is 10.0. The fourth-order valence-electron chi connectivity index (χ4n) is 0.820. The number of nitrogens with zero attached hydrogens (tertiary/aromatic N) is 2. The molecule has 1 aromatic heterocycles. The maximum absolute atomic E-state index is 4.92. The fourth-order valence-corrected chi connectivity index (χ4v) is 1.10. The number of halogens is 1. The molecule has 0 amide bonds. The zero-order chi connectivity index (χ0) is 9.52. The summed E-state index contributed by atoms with van der Waals surface area (Å²) in [4.78, 5) is 8.21. The van der Waals surface area contributed by atoms with Crippen LogP contribution in [0.2, 0.25) is 0 Å². The predicted octanol–water partition coefficient (Wildman–Crippen LogP) is 1.53. The van der Waals surface area contributed by atoms with Crippen molar-refractivity contribution in [3.05, 3.63) is 16.0 Å². The molecule has 72 valence electrons. The Bertz CT molecular complexity index is 240. The van der Waals surface area contributed by atoms with Gasteiger partial charge in [0.2, 0.25) is 5.95 Å². The molecule has 0 radical (unpaired) electrons. The van der Waals surface area contributed by atoms with Gasteiger partial charge in [-0.1, -0.05) is 0 Å². The number of methoxy groups -OCH3 is 1. The summed E-state index contributed by atoms with van der Waals surface area (Å²) in [5.41, 5.74) is 0. The summed E-state index contributed by atoms with van der Waals surface area (Å²) in [6.07, 6.45) is 4.53. The van der Waals surface area contributed by atoms with Crippen molar-refractivity contribution in [2.45, 2.75) is 6.42 Å². The van der Waals surface area contributed by atoms with Crippen LogP contribution in [0.1, 0.15) is 6.42 Å². The molecular weight excluding hydrogens is 281 g/mol. The zero-order valence-corrected chi connectivity index (χ0v) is 9.61. The van der Waals surface area contributed by atoms with Crippen LogP contribution in [0.5, 0.6) is 0 Å². The second kappa shape index (κ2) is 6.09. The lowest BCUT2D eigenvalue weighted by molar-refractivity contribution is 0.197. The van der Waals surface area contributed by atoms with Crippen LogP contribution in [-0.4, -0.2) is 30.2 Å². The summed E-state index contributed by atoms with van der Waals surface area (Å²) in [5, 5.41) is 3.10. The van der Waals surface area contributed by atoms with Gasteiger partial charge < -0.3 is 10.1 Å². The Hall–Kier alpha value is -0.430. The summed E-state index contributed by atoms with van der Waals surface area (Å²) in [6.45, 7) is 1.60. The molecule has 0 bridgehead atoms. The molecule has 1 N–H and O–H groups in total. The lowest BCUT2D eigenvalue weighted by atomic mass is 10.4. The number of nitrogens with one attached hydrogen (secondary N) is 1. The van der Waals surface area contributed by atoms with Crippen molar-refractivity contribution in [3.63, 3.8) is 0 Å². The molecule has 0 atom stereocenters. The van der Waals surface area contributed by atoms with Gasteiger partial charge in [-0.2, -0.15) is 0 Å². The molecule has 0 aliphatic carbocycles. The standard InChI is InChI=1S/C8H12IN3O/c1-13-4-2-3-10-8-11-5-7(9)6-12-8/h5-6H,2-4H2,1H3,(H,10,11,12). The molecular formula is C8H12IN3O. The Labute approximate surface area is 91.3 Å². The van der Waals surface area contributed by atoms with Gasteiger partial charge in [-0.3, -0.25) is 0 Å². The first-order valence-corrected chi connectivity index (χ1v) is 5.11. The Morgan fingerprint density at radius 1 is 1.46 bits per heavy atom. The maximum Gasteiger partial charge on any atom is 0.222 e. The first-order valence-electron chi connectivity index (χ1n) is 4.03. The zero-order valence-electron chi connectivity index (χ0n) is 7.46. The highest BCUT2D eigenvalue weighted by molar-refractivity contribution is 14.1. The smallest absolute Gasteiger partial charge is 0.222 e. The van der Waals surface area contributed by atoms with Gasteiger partial charge in [0.15, 0.2) is 0 Å². The fraction of sp³-hybridized carbons (Fsp3) is 0.500. The first-order chi connectivity index (χ1) is 6.33. The van der Waals surface area contributed by atoms with Crippen LogP contribution in [0.15, 0.2) is 12.4 Å². The topological polar surface area (TPSA) is 47.0 Å². The second-order valence-corrected chi connectivity index (χ2v) is 3.74. The highest BCUT2D eigenvalue weighted by Gasteiger charge is 1.93. The minimum Gasteiger partial charge on any atom is -0.385 e. The van der Waals surface area contributed by atoms with Crippen LogP contribution >= 0.6 is 22.6 Å². The summed E-state index contributed by atoms with van der Waals surface area (Å²) in [5.74, 6) is 0.677. The third-order valence-corrected chi connectivity index (χ3v) is 1.99. The predicted molar refractivity (Wildman–Crippen MR) is 59.7 cm³/mol. The van der Waals surface area contributed by atoms with Gasteiger partial charge in [-0.15, -0.1) is 0 Å². The Balaban J connectivity index is 2.25. The van der Waals surface area contributed by atoms with Gasteiger partial charge in [0.25, 0.3) is 0 Å². The van der Waals surface area contributed by atoms with E-state index >= 15 is 0 Å². The third-order valence-electron chi connectivity index (χ3n) is 1.43. The van der Waals surface area contributed by atoms with Crippen molar-refractivity contribution in [3.8, 4) is 0 Å². The lowest BCUT2D eigenvalue weighted by Crippen LogP contribution is -2.07. The molecule has 0 fully saturated rings. The van der Waals surface area contributed by atoms with E-state index < -0.39 is 0 Å². The third kappa shape index (κ3) is 4.37. The number of ether oxygens (including phenoxy) is 1. The number of aromatic nitrogens is 2. The molecule has 0 saturated carbocycles. The van der Waals surface area contributed by atoms with Crippen molar-refractivity contribution >= 4 is 28.5 Å². The number of rotatable bonds is 5. The van der Waals surface area contributed by atoms with E-state index in [2.05, 4.69) is 37.9 Å². The van der Waals surface area contributed by atoms with E-state index in [-0.39, 0.29) is 0 Å². The molecule has 1 heterocycles. The van der Waals surface area contributed by atoms with E-state index in [0.29, 0.717) is 5.95 Å². The van der Waals surface area contributed by atoms with Gasteiger partial charge in [-0.25, -0.2) is 9.97 Å². The van der Waals surface area contributed by atoms with E-state index in [4.69, 9.17) is 4.74 Å². The van der Waals surface area contributed by atoms with Crippen LogP contribution in [0.4, 0.5) is 5.95 Å². The Morgan fingerprint density at radius 2 is 2.15 bits per heavy atom. The highest BCUT2D eigenvalue weighted by Crippen LogP contribution is 2.02. The quantitative estimate of drug-likeness (QED) is 0.660. The van der Waals surface area contributed by atoms with Crippen molar-refractivity contribution < 1.29 is 4.74 Å². The highest BCUT2D eigenvalue weighted by atomic mass is 127. The van der Waals surface area contributed by atoms with Gasteiger partial charge >= 0.3 is 0 Å². The molecule has 0 spiro atoms. The summed E-state index contributed by atoms with van der Waals surface area (Å²) in [6, 6.07) is 0. The molecule has 1 rings (SSSR count).